The molecular weight excluding hydrogens is 330 g/mol. The SMILES string of the molecule is CCO[Si](OCC)(OCC)N(C1CCCCC1C)C1CCCCC1C. The molecule has 0 aromatic rings. The zero-order valence-electron chi connectivity index (χ0n) is 17.3. The lowest BCUT2D eigenvalue weighted by Crippen LogP contribution is -2.70. The standard InChI is InChI=1S/C20H41NO3Si/c1-6-22-25(23-7-2,24-8-3)21(19-15-11-9-13-17(19)4)20-16-12-10-14-18(20)5/h17-20H,6-16H2,1-5H3. The van der Waals surface area contributed by atoms with E-state index in [0.717, 1.165) is 0 Å². The maximum Gasteiger partial charge on any atom is 0.600 e. The van der Waals surface area contributed by atoms with E-state index in [1.165, 1.54) is 51.4 Å². The van der Waals surface area contributed by atoms with Crippen LogP contribution in [-0.2, 0) is 13.3 Å². The summed E-state index contributed by atoms with van der Waals surface area (Å²) in [6.45, 7) is 13.0. The minimum absolute atomic E-state index is 0.538. The van der Waals surface area contributed by atoms with Gasteiger partial charge in [0.2, 0.25) is 0 Å². The summed E-state index contributed by atoms with van der Waals surface area (Å²) in [6, 6.07) is 1.08. The fourth-order valence-corrected chi connectivity index (χ4v) is 8.34. The van der Waals surface area contributed by atoms with Gasteiger partial charge >= 0.3 is 8.97 Å². The molecule has 2 fully saturated rings. The zero-order chi connectivity index (χ0) is 18.3. The van der Waals surface area contributed by atoms with E-state index in [1.54, 1.807) is 0 Å². The molecule has 0 saturated heterocycles. The summed E-state index contributed by atoms with van der Waals surface area (Å²) in [5, 5.41) is 0. The van der Waals surface area contributed by atoms with Gasteiger partial charge in [-0.2, -0.15) is 0 Å². The molecule has 0 radical (unpaired) electrons. The Morgan fingerprint density at radius 2 is 1.04 bits per heavy atom. The van der Waals surface area contributed by atoms with Gasteiger partial charge in [-0.15, -0.1) is 0 Å². The van der Waals surface area contributed by atoms with Crippen molar-refractivity contribution in [3.8, 4) is 0 Å². The molecule has 25 heavy (non-hydrogen) atoms. The first-order valence-corrected chi connectivity index (χ1v) is 12.5. The van der Waals surface area contributed by atoms with Crippen LogP contribution in [0.3, 0.4) is 0 Å². The van der Waals surface area contributed by atoms with Crippen molar-refractivity contribution in [1.82, 2.24) is 4.57 Å². The first-order chi connectivity index (χ1) is 12.1. The fraction of sp³-hybridized carbons (Fsp3) is 1.00. The minimum Gasteiger partial charge on any atom is -0.361 e. The van der Waals surface area contributed by atoms with Crippen LogP contribution in [0.15, 0.2) is 0 Å². The Bertz CT molecular complexity index is 343. The van der Waals surface area contributed by atoms with E-state index in [1.807, 2.05) is 0 Å². The molecule has 5 heteroatoms. The lowest BCUT2D eigenvalue weighted by Gasteiger charge is -2.51. The molecule has 2 saturated carbocycles. The van der Waals surface area contributed by atoms with Crippen molar-refractivity contribution < 1.29 is 13.3 Å². The van der Waals surface area contributed by atoms with Gasteiger partial charge in [0, 0.05) is 31.9 Å². The average Bonchev–Trinajstić information content (AvgIpc) is 2.59. The minimum atomic E-state index is -2.85. The zero-order valence-corrected chi connectivity index (χ0v) is 18.3. The van der Waals surface area contributed by atoms with Crippen LogP contribution in [0.25, 0.3) is 0 Å². The second-order valence-corrected chi connectivity index (χ2v) is 10.3. The average molecular weight is 372 g/mol. The Hall–Kier alpha value is 0.0569. The summed E-state index contributed by atoms with van der Waals surface area (Å²) in [5.41, 5.74) is 0. The molecule has 4 unspecified atom stereocenters. The Kier molecular flexibility index (Phi) is 8.89. The summed E-state index contributed by atoms with van der Waals surface area (Å²) in [7, 11) is -2.85. The summed E-state index contributed by atoms with van der Waals surface area (Å²) in [4.78, 5) is 0. The Morgan fingerprint density at radius 1 is 0.680 bits per heavy atom. The molecule has 0 aliphatic heterocycles. The third-order valence-electron chi connectivity index (χ3n) is 6.14. The van der Waals surface area contributed by atoms with Crippen LogP contribution in [-0.4, -0.2) is 45.4 Å². The number of hydrogen-bond donors (Lipinski definition) is 0. The summed E-state index contributed by atoms with van der Waals surface area (Å²) >= 11 is 0. The summed E-state index contributed by atoms with van der Waals surface area (Å²) in [5.74, 6) is 1.38. The quantitative estimate of drug-likeness (QED) is 0.534. The highest BCUT2D eigenvalue weighted by Crippen LogP contribution is 2.39. The number of hydrogen-bond acceptors (Lipinski definition) is 4. The molecule has 0 amide bonds. The molecule has 0 heterocycles. The summed E-state index contributed by atoms with van der Waals surface area (Å²) < 4.78 is 21.9. The smallest absolute Gasteiger partial charge is 0.361 e. The second kappa shape index (κ2) is 10.4. The predicted octanol–water partition coefficient (Wildman–Crippen LogP) is 4.99. The Balaban J connectivity index is 2.41. The van der Waals surface area contributed by atoms with Crippen molar-refractivity contribution >= 4 is 8.97 Å². The molecular formula is C20H41NO3Si. The van der Waals surface area contributed by atoms with Gasteiger partial charge in [0.1, 0.15) is 0 Å². The molecule has 0 aromatic carbocycles. The third-order valence-corrected chi connectivity index (χ3v) is 9.40. The van der Waals surface area contributed by atoms with Gasteiger partial charge in [0.05, 0.1) is 0 Å². The molecule has 148 valence electrons. The van der Waals surface area contributed by atoms with Gasteiger partial charge < -0.3 is 13.3 Å². The first-order valence-electron chi connectivity index (χ1n) is 10.8. The monoisotopic (exact) mass is 371 g/mol. The van der Waals surface area contributed by atoms with E-state index in [-0.39, 0.29) is 0 Å². The van der Waals surface area contributed by atoms with Crippen molar-refractivity contribution in [3.05, 3.63) is 0 Å². The van der Waals surface area contributed by atoms with Crippen molar-refractivity contribution in [2.45, 2.75) is 98.1 Å². The summed E-state index contributed by atoms with van der Waals surface area (Å²) in [6.07, 6.45) is 10.5. The molecule has 0 aromatic heterocycles. The molecule has 0 N–H and O–H groups in total. The molecule has 2 rings (SSSR count). The maximum atomic E-state index is 6.40. The Morgan fingerprint density at radius 3 is 1.36 bits per heavy atom. The van der Waals surface area contributed by atoms with Crippen molar-refractivity contribution in [1.29, 1.82) is 0 Å². The molecule has 2 aliphatic carbocycles. The highest BCUT2D eigenvalue weighted by Gasteiger charge is 2.56. The van der Waals surface area contributed by atoms with E-state index in [9.17, 15) is 0 Å². The fourth-order valence-electron chi connectivity index (χ4n) is 4.97. The van der Waals surface area contributed by atoms with Gasteiger partial charge in [-0.1, -0.05) is 39.5 Å². The molecule has 4 atom stereocenters. The van der Waals surface area contributed by atoms with E-state index in [4.69, 9.17) is 13.3 Å². The first kappa shape index (κ1) is 21.4. The second-order valence-electron chi connectivity index (χ2n) is 7.89. The van der Waals surface area contributed by atoms with Gasteiger partial charge in [-0.3, -0.25) is 0 Å². The lowest BCUT2D eigenvalue weighted by molar-refractivity contribution is -0.0399. The predicted molar refractivity (Wildman–Crippen MR) is 105 cm³/mol. The number of nitrogens with zero attached hydrogens (tertiary/aromatic N) is 1. The van der Waals surface area contributed by atoms with Crippen LogP contribution >= 0.6 is 0 Å². The van der Waals surface area contributed by atoms with E-state index in [0.29, 0.717) is 43.7 Å². The lowest BCUT2D eigenvalue weighted by atomic mass is 9.81. The normalized spacial score (nSPS) is 31.4. The molecule has 2 aliphatic rings. The van der Waals surface area contributed by atoms with Gasteiger partial charge in [-0.05, 0) is 58.3 Å². The van der Waals surface area contributed by atoms with Crippen LogP contribution < -0.4 is 0 Å². The van der Waals surface area contributed by atoms with Crippen molar-refractivity contribution in [2.24, 2.45) is 11.8 Å². The van der Waals surface area contributed by atoms with Crippen LogP contribution in [0.5, 0.6) is 0 Å². The highest BCUT2D eigenvalue weighted by atomic mass is 28.4. The Labute approximate surface area is 157 Å². The molecule has 4 nitrogen and oxygen atoms in total. The van der Waals surface area contributed by atoms with Gasteiger partial charge in [-0.25, -0.2) is 4.57 Å². The topological polar surface area (TPSA) is 30.9 Å². The van der Waals surface area contributed by atoms with Crippen LogP contribution in [0.2, 0.25) is 0 Å². The highest BCUT2D eigenvalue weighted by molar-refractivity contribution is 6.57. The maximum absolute atomic E-state index is 6.40. The molecule has 0 spiro atoms. The van der Waals surface area contributed by atoms with Gasteiger partial charge in [0.15, 0.2) is 0 Å². The van der Waals surface area contributed by atoms with Crippen LogP contribution in [0.1, 0.15) is 86.0 Å². The molecule has 0 bridgehead atoms. The third kappa shape index (κ3) is 5.07. The van der Waals surface area contributed by atoms with Gasteiger partial charge in [0.25, 0.3) is 0 Å². The largest absolute Gasteiger partial charge is 0.600 e. The number of rotatable bonds is 9. The van der Waals surface area contributed by atoms with Crippen LogP contribution in [0.4, 0.5) is 0 Å². The van der Waals surface area contributed by atoms with Crippen molar-refractivity contribution in [3.63, 3.8) is 0 Å². The van der Waals surface area contributed by atoms with Crippen LogP contribution in [0, 0.1) is 11.8 Å². The van der Waals surface area contributed by atoms with E-state index < -0.39 is 8.97 Å². The van der Waals surface area contributed by atoms with Crippen molar-refractivity contribution in [2.75, 3.05) is 19.8 Å². The van der Waals surface area contributed by atoms with E-state index in [2.05, 4.69) is 39.2 Å². The van der Waals surface area contributed by atoms with E-state index >= 15 is 0 Å².